The zero-order chi connectivity index (χ0) is 24.5. The highest BCUT2D eigenvalue weighted by Crippen LogP contribution is 2.29. The fourth-order valence-corrected chi connectivity index (χ4v) is 4.78. The van der Waals surface area contributed by atoms with Crippen LogP contribution < -0.4 is 10.1 Å². The van der Waals surface area contributed by atoms with Crippen molar-refractivity contribution in [3.8, 4) is 5.88 Å². The normalized spacial score (nSPS) is 14.6. The Hall–Kier alpha value is -2.90. The number of pyridine rings is 1. The molecule has 1 aliphatic heterocycles. The van der Waals surface area contributed by atoms with Crippen LogP contribution in [0.2, 0.25) is 0 Å². The molecule has 0 radical (unpaired) electrons. The Morgan fingerprint density at radius 2 is 1.74 bits per heavy atom. The zero-order valence-corrected chi connectivity index (χ0v) is 20.9. The summed E-state index contributed by atoms with van der Waals surface area (Å²) in [5, 5.41) is 3.00. The Labute approximate surface area is 211 Å². The molecule has 5 nitrogen and oxygen atoms in total. The molecule has 1 saturated heterocycles. The van der Waals surface area contributed by atoms with Crippen LogP contribution in [-0.2, 0) is 0 Å². The summed E-state index contributed by atoms with van der Waals surface area (Å²) < 4.78 is 19.2. The van der Waals surface area contributed by atoms with E-state index >= 15 is 0 Å². The molecule has 1 atom stereocenters. The lowest BCUT2D eigenvalue weighted by atomic mass is 9.88. The lowest BCUT2D eigenvalue weighted by Gasteiger charge is -2.19. The molecule has 1 aromatic heterocycles. The van der Waals surface area contributed by atoms with E-state index in [1.54, 1.807) is 30.1 Å². The number of thioether (sulfide) groups is 1. The summed E-state index contributed by atoms with van der Waals surface area (Å²) in [4.78, 5) is 20.5. The second-order valence-corrected chi connectivity index (χ2v) is 9.58. The van der Waals surface area contributed by atoms with E-state index in [1.165, 1.54) is 29.9 Å². The van der Waals surface area contributed by atoms with Gasteiger partial charge in [0.1, 0.15) is 12.4 Å². The van der Waals surface area contributed by atoms with Crippen molar-refractivity contribution in [3.05, 3.63) is 89.4 Å². The van der Waals surface area contributed by atoms with Gasteiger partial charge in [-0.3, -0.25) is 9.69 Å². The maximum absolute atomic E-state index is 13.5. The number of halogens is 1. The number of nitrogens with one attached hydrogen (secondary N) is 1. The molecule has 2 heterocycles. The second-order valence-electron chi connectivity index (χ2n) is 8.70. The molecule has 0 saturated carbocycles. The Balaban J connectivity index is 1.31. The number of ether oxygens (including phenoxy) is 1. The lowest BCUT2D eigenvalue weighted by Crippen LogP contribution is -2.26. The molecular formula is C28H32FN3O2S. The third kappa shape index (κ3) is 7.29. The van der Waals surface area contributed by atoms with Gasteiger partial charge in [0.05, 0.1) is 5.56 Å². The quantitative estimate of drug-likeness (QED) is 0.364. The fourth-order valence-electron chi connectivity index (χ4n) is 4.37. The van der Waals surface area contributed by atoms with Gasteiger partial charge in [-0.2, -0.15) is 0 Å². The molecule has 0 spiro atoms. The number of rotatable bonds is 11. The van der Waals surface area contributed by atoms with Crippen LogP contribution in [0.1, 0.15) is 46.7 Å². The summed E-state index contributed by atoms with van der Waals surface area (Å²) >= 11 is 1.69. The Bertz CT molecular complexity index is 1070. The zero-order valence-electron chi connectivity index (χ0n) is 20.1. The van der Waals surface area contributed by atoms with Crippen LogP contribution in [0.25, 0.3) is 0 Å². The summed E-state index contributed by atoms with van der Waals surface area (Å²) in [6, 6.07) is 18.5. The van der Waals surface area contributed by atoms with Crippen molar-refractivity contribution in [2.45, 2.75) is 30.1 Å². The van der Waals surface area contributed by atoms with Crippen LogP contribution in [0.5, 0.6) is 5.88 Å². The number of carbonyl (C=O) groups excluding carboxylic acids is 1. The number of carbonyl (C=O) groups is 1. The highest BCUT2D eigenvalue weighted by Gasteiger charge is 2.16. The number of hydrogen-bond acceptors (Lipinski definition) is 5. The first kappa shape index (κ1) is 25.2. The van der Waals surface area contributed by atoms with Gasteiger partial charge in [-0.15, -0.1) is 11.8 Å². The monoisotopic (exact) mass is 493 g/mol. The van der Waals surface area contributed by atoms with Crippen molar-refractivity contribution in [2.24, 2.45) is 0 Å². The van der Waals surface area contributed by atoms with Gasteiger partial charge >= 0.3 is 0 Å². The molecule has 0 aliphatic carbocycles. The number of amides is 1. The van der Waals surface area contributed by atoms with Crippen molar-refractivity contribution in [1.29, 1.82) is 0 Å². The molecule has 2 aromatic carbocycles. The van der Waals surface area contributed by atoms with Crippen molar-refractivity contribution in [2.75, 3.05) is 39.0 Å². The first-order valence-corrected chi connectivity index (χ1v) is 13.3. The van der Waals surface area contributed by atoms with E-state index in [4.69, 9.17) is 4.74 Å². The number of hydrogen-bond donors (Lipinski definition) is 1. The largest absolute Gasteiger partial charge is 0.476 e. The molecule has 0 bridgehead atoms. The van der Waals surface area contributed by atoms with Gasteiger partial charge in [0.2, 0.25) is 5.88 Å². The van der Waals surface area contributed by atoms with E-state index in [0.717, 1.165) is 30.8 Å². The lowest BCUT2D eigenvalue weighted by molar-refractivity contribution is 0.0952. The van der Waals surface area contributed by atoms with E-state index in [9.17, 15) is 9.18 Å². The van der Waals surface area contributed by atoms with Gasteiger partial charge in [0, 0.05) is 36.2 Å². The number of nitrogens with zero attached hydrogens (tertiary/aromatic N) is 2. The minimum atomic E-state index is -0.255. The van der Waals surface area contributed by atoms with Gasteiger partial charge in [0.25, 0.3) is 5.91 Å². The third-order valence-corrected chi connectivity index (χ3v) is 7.11. The maximum atomic E-state index is 13.5. The molecule has 4 rings (SSSR count). The van der Waals surface area contributed by atoms with E-state index < -0.39 is 0 Å². The summed E-state index contributed by atoms with van der Waals surface area (Å²) in [5.41, 5.74) is 2.66. The van der Waals surface area contributed by atoms with E-state index in [0.29, 0.717) is 31.0 Å². The predicted molar refractivity (Wildman–Crippen MR) is 139 cm³/mol. The van der Waals surface area contributed by atoms with Gasteiger partial charge < -0.3 is 10.1 Å². The van der Waals surface area contributed by atoms with Crippen LogP contribution in [0.4, 0.5) is 4.39 Å². The van der Waals surface area contributed by atoms with Crippen LogP contribution in [0.3, 0.4) is 0 Å². The number of aromatic nitrogens is 1. The molecule has 1 aliphatic rings. The Kier molecular flexibility index (Phi) is 9.15. The van der Waals surface area contributed by atoms with E-state index in [2.05, 4.69) is 39.5 Å². The summed E-state index contributed by atoms with van der Waals surface area (Å²) in [6.07, 6.45) is 6.82. The van der Waals surface area contributed by atoms with Crippen molar-refractivity contribution in [3.63, 3.8) is 0 Å². The third-order valence-electron chi connectivity index (χ3n) is 6.36. The average Bonchev–Trinajstić information content (AvgIpc) is 3.41. The number of likely N-dealkylation sites (tertiary alicyclic amines) is 1. The Morgan fingerprint density at radius 3 is 2.37 bits per heavy atom. The second kappa shape index (κ2) is 12.7. The highest BCUT2D eigenvalue weighted by molar-refractivity contribution is 7.98. The van der Waals surface area contributed by atoms with Gasteiger partial charge in [-0.1, -0.05) is 24.3 Å². The number of benzene rings is 2. The molecule has 7 heteroatoms. The maximum Gasteiger partial charge on any atom is 0.252 e. The van der Waals surface area contributed by atoms with Crippen LogP contribution in [-0.4, -0.2) is 54.8 Å². The predicted octanol–water partition coefficient (Wildman–Crippen LogP) is 5.37. The Morgan fingerprint density at radius 1 is 1.06 bits per heavy atom. The standard InChI is InChI=1S/C28H32FN3O2S/c1-35-25-11-6-22(7-12-25)26(21-4-9-24(29)10-5-21)14-15-30-28(33)23-8-13-27(31-20-23)34-19-18-32-16-2-3-17-32/h4-13,20,26H,2-3,14-19H2,1H3,(H,30,33). The molecule has 3 aromatic rings. The van der Waals surface area contributed by atoms with E-state index in [-0.39, 0.29) is 17.6 Å². The summed E-state index contributed by atoms with van der Waals surface area (Å²) in [6.45, 7) is 4.27. The smallest absolute Gasteiger partial charge is 0.252 e. The molecule has 1 amide bonds. The van der Waals surface area contributed by atoms with Gasteiger partial charge in [-0.25, -0.2) is 9.37 Å². The molecule has 1 fully saturated rings. The molecular weight excluding hydrogens is 461 g/mol. The minimum Gasteiger partial charge on any atom is -0.476 e. The van der Waals surface area contributed by atoms with E-state index in [1.807, 2.05) is 18.4 Å². The molecule has 35 heavy (non-hydrogen) atoms. The molecule has 184 valence electrons. The van der Waals surface area contributed by atoms with Gasteiger partial charge in [-0.05, 0) is 80.1 Å². The highest BCUT2D eigenvalue weighted by atomic mass is 32.2. The summed E-state index contributed by atoms with van der Waals surface area (Å²) in [7, 11) is 0. The van der Waals surface area contributed by atoms with Crippen molar-refractivity contribution < 1.29 is 13.9 Å². The topological polar surface area (TPSA) is 54.5 Å². The van der Waals surface area contributed by atoms with Gasteiger partial charge in [0.15, 0.2) is 0 Å². The first-order valence-electron chi connectivity index (χ1n) is 12.1. The minimum absolute atomic E-state index is 0.0521. The molecule has 1 N–H and O–H groups in total. The first-order chi connectivity index (χ1) is 17.1. The summed E-state index contributed by atoms with van der Waals surface area (Å²) in [5.74, 6) is 0.160. The SMILES string of the molecule is CSc1ccc(C(CCNC(=O)c2ccc(OCCN3CCCC3)nc2)c2ccc(F)cc2)cc1. The average molecular weight is 494 g/mol. The fraction of sp³-hybridized carbons (Fsp3) is 0.357. The van der Waals surface area contributed by atoms with Crippen LogP contribution in [0, 0.1) is 5.82 Å². The van der Waals surface area contributed by atoms with Crippen molar-refractivity contribution >= 4 is 17.7 Å². The van der Waals surface area contributed by atoms with Crippen molar-refractivity contribution in [1.82, 2.24) is 15.2 Å². The van der Waals surface area contributed by atoms with Crippen LogP contribution >= 0.6 is 11.8 Å². The van der Waals surface area contributed by atoms with Crippen LogP contribution in [0.15, 0.2) is 71.8 Å². The molecule has 1 unspecified atom stereocenters.